The van der Waals surface area contributed by atoms with Crippen molar-refractivity contribution in [1.29, 1.82) is 0 Å². The van der Waals surface area contributed by atoms with E-state index < -0.39 is 5.60 Å². The smallest absolute Gasteiger partial charge is 0.341 e. The van der Waals surface area contributed by atoms with Gasteiger partial charge < -0.3 is 14.2 Å². The van der Waals surface area contributed by atoms with Gasteiger partial charge in [-0.3, -0.25) is 0 Å². The predicted molar refractivity (Wildman–Crippen MR) is 53.4 cm³/mol. The molecule has 4 nitrogen and oxygen atoms in total. The average Bonchev–Trinajstić information content (AvgIpc) is 2.85. The normalized spacial score (nSPS) is 42.9. The number of carbonyl (C=O) groups is 1. The topological polar surface area (TPSA) is 48.1 Å². The Labute approximate surface area is 89.9 Å². The predicted octanol–water partition coefficient (Wildman–Crippen LogP) is 1.13. The number of ether oxygens (including phenoxy) is 3. The highest BCUT2D eigenvalue weighted by Crippen LogP contribution is 2.64. The number of carbonyl (C=O) groups excluding carboxylic acids is 1. The van der Waals surface area contributed by atoms with Crippen molar-refractivity contribution in [2.24, 2.45) is 5.92 Å². The van der Waals surface area contributed by atoms with Gasteiger partial charge in [0.25, 0.3) is 0 Å². The number of hydrogen-bond acceptors (Lipinski definition) is 4. The third kappa shape index (κ3) is 1.18. The fraction of sp³-hybridized carbons (Fsp3) is 0.909. The zero-order valence-corrected chi connectivity index (χ0v) is 9.70. The molecule has 0 aromatic carbocycles. The van der Waals surface area contributed by atoms with Crippen molar-refractivity contribution in [3.8, 4) is 0 Å². The van der Waals surface area contributed by atoms with Gasteiger partial charge in [-0.05, 0) is 5.92 Å². The van der Waals surface area contributed by atoms with Crippen molar-refractivity contribution in [1.82, 2.24) is 0 Å². The quantitative estimate of drug-likeness (QED) is 0.522. The molecule has 0 bridgehead atoms. The van der Waals surface area contributed by atoms with E-state index in [0.717, 1.165) is 12.8 Å². The van der Waals surface area contributed by atoms with E-state index in [0.29, 0.717) is 0 Å². The molecule has 0 radical (unpaired) electrons. The molecule has 0 aromatic heterocycles. The number of epoxide rings is 1. The second kappa shape index (κ2) is 3.19. The Hall–Kier alpha value is -0.610. The molecule has 2 fully saturated rings. The molecule has 1 atom stereocenters. The Balaban J connectivity index is 2.11. The number of hydrogen-bond donors (Lipinski definition) is 0. The van der Waals surface area contributed by atoms with E-state index in [4.69, 9.17) is 14.2 Å². The molecular weight excluding hydrogens is 196 g/mol. The summed E-state index contributed by atoms with van der Waals surface area (Å²) in [5.74, 6) is -0.102. The maximum absolute atomic E-state index is 11.8. The maximum atomic E-state index is 11.8. The van der Waals surface area contributed by atoms with Crippen LogP contribution >= 0.6 is 0 Å². The van der Waals surface area contributed by atoms with Gasteiger partial charge >= 0.3 is 5.97 Å². The Kier molecular flexibility index (Phi) is 2.32. The lowest BCUT2D eigenvalue weighted by Gasteiger charge is -2.34. The summed E-state index contributed by atoms with van der Waals surface area (Å²) in [6.07, 6.45) is 1.84. The molecule has 1 spiro atoms. The highest BCUT2D eigenvalue weighted by molar-refractivity contribution is 5.85. The van der Waals surface area contributed by atoms with Gasteiger partial charge in [-0.15, -0.1) is 0 Å². The molecule has 4 heteroatoms. The van der Waals surface area contributed by atoms with Crippen molar-refractivity contribution in [3.05, 3.63) is 0 Å². The van der Waals surface area contributed by atoms with Gasteiger partial charge in [-0.2, -0.15) is 0 Å². The molecule has 1 saturated carbocycles. The molecule has 0 amide bonds. The molecule has 1 heterocycles. The summed E-state index contributed by atoms with van der Waals surface area (Å²) in [6, 6.07) is 0. The lowest BCUT2D eigenvalue weighted by atomic mass is 9.69. The Morgan fingerprint density at radius 3 is 2.40 bits per heavy atom. The Morgan fingerprint density at radius 1 is 1.40 bits per heavy atom. The van der Waals surface area contributed by atoms with Gasteiger partial charge in [0.2, 0.25) is 0 Å². The van der Waals surface area contributed by atoms with Gasteiger partial charge in [0.15, 0.2) is 5.60 Å². The van der Waals surface area contributed by atoms with Crippen LogP contribution in [0.4, 0.5) is 0 Å². The summed E-state index contributed by atoms with van der Waals surface area (Å²) >= 11 is 0. The van der Waals surface area contributed by atoms with E-state index in [9.17, 15) is 4.79 Å². The third-order valence-electron chi connectivity index (χ3n) is 3.74. The molecule has 1 aliphatic carbocycles. The summed E-state index contributed by atoms with van der Waals surface area (Å²) in [4.78, 5) is 11.8. The standard InChI is InChI=1S/C11H18O4/c1-7(2)11(9(12)14-4)10(15-11)5-8(6-10)13-3/h7-8H,5-6H2,1-4H3. The first-order valence-electron chi connectivity index (χ1n) is 5.34. The van der Waals surface area contributed by atoms with Gasteiger partial charge in [-0.25, -0.2) is 4.79 Å². The SMILES string of the molecule is COC(=O)C1(C(C)C)OC12CC(OC)C2. The summed E-state index contributed by atoms with van der Waals surface area (Å²) in [5, 5.41) is 0. The summed E-state index contributed by atoms with van der Waals surface area (Å²) in [5.41, 5.74) is -1.01. The highest BCUT2D eigenvalue weighted by atomic mass is 16.7. The lowest BCUT2D eigenvalue weighted by molar-refractivity contribution is -0.149. The molecule has 0 aromatic rings. The molecule has 1 saturated heterocycles. The summed E-state index contributed by atoms with van der Waals surface area (Å²) in [7, 11) is 3.10. The van der Waals surface area contributed by atoms with E-state index in [1.54, 1.807) is 7.11 Å². The van der Waals surface area contributed by atoms with E-state index in [1.807, 2.05) is 13.8 Å². The molecule has 15 heavy (non-hydrogen) atoms. The molecule has 2 rings (SSSR count). The van der Waals surface area contributed by atoms with Crippen LogP contribution in [0.3, 0.4) is 0 Å². The van der Waals surface area contributed by atoms with E-state index in [2.05, 4.69) is 0 Å². The minimum atomic E-state index is -0.712. The molecule has 1 unspecified atom stereocenters. The second-order valence-corrected chi connectivity index (χ2v) is 4.74. The van der Waals surface area contributed by atoms with Crippen LogP contribution in [-0.4, -0.2) is 37.5 Å². The van der Waals surface area contributed by atoms with Gasteiger partial charge in [0.1, 0.15) is 5.60 Å². The van der Waals surface area contributed by atoms with E-state index >= 15 is 0 Å². The first-order chi connectivity index (χ1) is 7.02. The summed E-state index contributed by atoms with van der Waals surface area (Å²) in [6.45, 7) is 3.98. The monoisotopic (exact) mass is 214 g/mol. The van der Waals surface area contributed by atoms with Crippen molar-refractivity contribution in [3.63, 3.8) is 0 Å². The van der Waals surface area contributed by atoms with Gasteiger partial charge in [0.05, 0.1) is 13.2 Å². The first-order valence-corrected chi connectivity index (χ1v) is 5.34. The van der Waals surface area contributed by atoms with Crippen LogP contribution in [0.2, 0.25) is 0 Å². The summed E-state index contributed by atoms with van der Waals surface area (Å²) < 4.78 is 15.8. The largest absolute Gasteiger partial charge is 0.467 e. The minimum Gasteiger partial charge on any atom is -0.467 e. The van der Waals surface area contributed by atoms with Crippen LogP contribution in [0, 0.1) is 5.92 Å². The highest BCUT2D eigenvalue weighted by Gasteiger charge is 2.80. The Bertz CT molecular complexity index is 280. The van der Waals surface area contributed by atoms with Crippen LogP contribution in [0.1, 0.15) is 26.7 Å². The van der Waals surface area contributed by atoms with Gasteiger partial charge in [-0.1, -0.05) is 13.8 Å². The zero-order valence-electron chi connectivity index (χ0n) is 9.70. The molecule has 2 aliphatic rings. The van der Waals surface area contributed by atoms with Crippen LogP contribution in [0.5, 0.6) is 0 Å². The zero-order chi connectivity index (χ0) is 11.3. The average molecular weight is 214 g/mol. The van der Waals surface area contributed by atoms with Crippen LogP contribution in [-0.2, 0) is 19.0 Å². The van der Waals surface area contributed by atoms with Crippen molar-refractivity contribution in [2.75, 3.05) is 14.2 Å². The second-order valence-electron chi connectivity index (χ2n) is 4.74. The third-order valence-corrected chi connectivity index (χ3v) is 3.74. The van der Waals surface area contributed by atoms with Crippen LogP contribution in [0.15, 0.2) is 0 Å². The number of rotatable bonds is 3. The lowest BCUT2D eigenvalue weighted by Crippen LogP contribution is -2.49. The van der Waals surface area contributed by atoms with Gasteiger partial charge in [0, 0.05) is 20.0 Å². The number of esters is 1. The van der Waals surface area contributed by atoms with E-state index in [-0.39, 0.29) is 23.6 Å². The molecule has 1 aliphatic heterocycles. The van der Waals surface area contributed by atoms with Crippen molar-refractivity contribution < 1.29 is 19.0 Å². The molecule has 86 valence electrons. The van der Waals surface area contributed by atoms with Crippen LogP contribution in [0.25, 0.3) is 0 Å². The maximum Gasteiger partial charge on any atom is 0.341 e. The van der Waals surface area contributed by atoms with E-state index in [1.165, 1.54) is 7.11 Å². The molecular formula is C11H18O4. The van der Waals surface area contributed by atoms with Crippen LogP contribution < -0.4 is 0 Å². The Morgan fingerprint density at radius 2 is 2.00 bits per heavy atom. The van der Waals surface area contributed by atoms with Crippen molar-refractivity contribution in [2.45, 2.75) is 44.0 Å². The number of methoxy groups -OCH3 is 2. The minimum absolute atomic E-state index is 0.141. The first kappa shape index (κ1) is 10.9. The molecule has 0 N–H and O–H groups in total. The fourth-order valence-corrected chi connectivity index (χ4v) is 2.77. The fourth-order valence-electron chi connectivity index (χ4n) is 2.77. The van der Waals surface area contributed by atoms with Crippen molar-refractivity contribution >= 4 is 5.97 Å².